The molecule has 3 aliphatic rings. The number of aliphatic hydroxyl groups is 1. The molecule has 13 heteroatoms. The molecule has 1 saturated carbocycles. The van der Waals surface area contributed by atoms with Crippen LogP contribution in [0.5, 0.6) is 0 Å². The Balaban J connectivity index is 1.29. The maximum absolute atomic E-state index is 13.6. The van der Waals surface area contributed by atoms with Crippen LogP contribution in [0, 0.1) is 5.41 Å². The number of fused-ring (bicyclic) bond motifs is 1. The Labute approximate surface area is 224 Å². The number of aliphatic hydroxyl groups excluding tert-OH is 1. The molecule has 2 aliphatic heterocycles. The van der Waals surface area contributed by atoms with E-state index < -0.39 is 47.3 Å². The number of aromatic nitrogens is 2. The van der Waals surface area contributed by atoms with Gasteiger partial charge in [0, 0.05) is 31.7 Å². The number of sulfonamides is 1. The Morgan fingerprint density at radius 1 is 1.03 bits per heavy atom. The van der Waals surface area contributed by atoms with Crippen molar-refractivity contribution in [3.63, 3.8) is 0 Å². The van der Waals surface area contributed by atoms with Gasteiger partial charge in [-0.2, -0.15) is 0 Å². The summed E-state index contributed by atoms with van der Waals surface area (Å²) in [5, 5.41) is 12.0. The zero-order valence-corrected chi connectivity index (χ0v) is 22.1. The lowest BCUT2D eigenvalue weighted by atomic mass is 9.93. The van der Waals surface area contributed by atoms with E-state index in [2.05, 4.69) is 19.9 Å². The van der Waals surface area contributed by atoms with Gasteiger partial charge in [0.05, 0.1) is 53.8 Å². The van der Waals surface area contributed by atoms with Crippen LogP contribution < -0.4 is 19.8 Å². The number of pyridine rings is 1. The first-order valence-electron chi connectivity index (χ1n) is 13.0. The quantitative estimate of drug-likeness (QED) is 0.387. The van der Waals surface area contributed by atoms with Gasteiger partial charge in [-0.3, -0.25) is 9.52 Å². The summed E-state index contributed by atoms with van der Waals surface area (Å²) in [7, 11) is -3.74. The third-order valence-corrected chi connectivity index (χ3v) is 9.18. The zero-order valence-electron chi connectivity index (χ0n) is 21.2. The highest BCUT2D eigenvalue weighted by Crippen LogP contribution is 2.54. The van der Waals surface area contributed by atoms with Crippen molar-refractivity contribution >= 4 is 44.3 Å². The highest BCUT2D eigenvalue weighted by Gasteiger charge is 2.45. The summed E-state index contributed by atoms with van der Waals surface area (Å²) in [4.78, 5) is 21.5. The maximum atomic E-state index is 13.6. The number of carbonyl (C=O) groups excluding carboxylic acids is 1. The average molecular weight is 561 g/mol. The number of nitrogens with zero attached hydrogens (tertiary/aromatic N) is 4. The number of anilines is 4. The number of hydrogen-bond donors (Lipinski definition) is 3. The minimum atomic E-state index is -3.74. The number of benzene rings is 1. The fourth-order valence-corrected chi connectivity index (χ4v) is 6.32. The molecule has 10 nitrogen and oxygen atoms in total. The predicted octanol–water partition coefficient (Wildman–Crippen LogP) is 3.16. The van der Waals surface area contributed by atoms with Crippen molar-refractivity contribution in [2.24, 2.45) is 5.41 Å². The second-order valence-electron chi connectivity index (χ2n) is 10.8. The van der Waals surface area contributed by atoms with Crippen molar-refractivity contribution in [1.82, 2.24) is 9.38 Å². The SMILES string of the molecule is O=C(Nc1cc(N2CC(F)(F)C2)c2nccn2c1)c1ccc(NS(=O)(=O)CCO)cc1N1CCC2(CC1)CC2. The smallest absolute Gasteiger partial charge is 0.282 e. The van der Waals surface area contributed by atoms with Crippen LogP contribution in [0.4, 0.5) is 31.5 Å². The van der Waals surface area contributed by atoms with Gasteiger partial charge in [-0.1, -0.05) is 0 Å². The first kappa shape index (κ1) is 25.8. The molecule has 1 spiro atoms. The van der Waals surface area contributed by atoms with E-state index in [0.717, 1.165) is 25.9 Å². The van der Waals surface area contributed by atoms with E-state index in [0.29, 0.717) is 39.4 Å². The van der Waals surface area contributed by atoms with Gasteiger partial charge in [0.1, 0.15) is 0 Å². The molecular weight excluding hydrogens is 530 g/mol. The minimum Gasteiger partial charge on any atom is -0.395 e. The average Bonchev–Trinajstić information content (AvgIpc) is 3.44. The van der Waals surface area contributed by atoms with Crippen molar-refractivity contribution < 1.29 is 27.1 Å². The van der Waals surface area contributed by atoms with E-state index in [4.69, 9.17) is 5.11 Å². The fourth-order valence-electron chi connectivity index (χ4n) is 5.49. The molecule has 0 atom stereocenters. The minimum absolute atomic E-state index is 0.308. The number of rotatable bonds is 8. The molecule has 0 bridgehead atoms. The highest BCUT2D eigenvalue weighted by molar-refractivity contribution is 7.92. The molecule has 1 aliphatic carbocycles. The van der Waals surface area contributed by atoms with Crippen LogP contribution in [-0.4, -0.2) is 73.3 Å². The van der Waals surface area contributed by atoms with E-state index in [9.17, 15) is 22.0 Å². The van der Waals surface area contributed by atoms with Gasteiger partial charge in [0.25, 0.3) is 11.8 Å². The van der Waals surface area contributed by atoms with Crippen LogP contribution in [0.25, 0.3) is 5.65 Å². The van der Waals surface area contributed by atoms with Gasteiger partial charge in [0.15, 0.2) is 5.65 Å². The van der Waals surface area contributed by atoms with Crippen molar-refractivity contribution in [3.05, 3.63) is 48.4 Å². The number of nitrogens with one attached hydrogen (secondary N) is 2. The third kappa shape index (κ3) is 5.24. The van der Waals surface area contributed by atoms with Gasteiger partial charge < -0.3 is 24.6 Å². The topological polar surface area (TPSA) is 119 Å². The molecule has 208 valence electrons. The number of alkyl halides is 2. The van der Waals surface area contributed by atoms with E-state index in [1.165, 1.54) is 23.8 Å². The molecule has 0 unspecified atom stereocenters. The molecule has 39 heavy (non-hydrogen) atoms. The molecule has 6 rings (SSSR count). The second-order valence-corrected chi connectivity index (χ2v) is 12.6. The van der Waals surface area contributed by atoms with Crippen molar-refractivity contribution in [2.45, 2.75) is 31.6 Å². The van der Waals surface area contributed by atoms with E-state index in [-0.39, 0.29) is 0 Å². The molecular formula is C26H30F2N6O4S. The summed E-state index contributed by atoms with van der Waals surface area (Å²) >= 11 is 0. The molecule has 4 heterocycles. The number of imidazole rings is 1. The molecule has 0 radical (unpaired) electrons. The Bertz CT molecular complexity index is 1520. The predicted molar refractivity (Wildman–Crippen MR) is 144 cm³/mol. The van der Waals surface area contributed by atoms with Crippen LogP contribution in [0.3, 0.4) is 0 Å². The number of amides is 1. The third-order valence-electron chi connectivity index (χ3n) is 7.91. The molecule has 3 aromatic rings. The van der Waals surface area contributed by atoms with Crippen molar-refractivity contribution in [2.75, 3.05) is 58.4 Å². The molecule has 3 fully saturated rings. The van der Waals surface area contributed by atoms with Crippen LogP contribution in [0.15, 0.2) is 42.9 Å². The van der Waals surface area contributed by atoms with Gasteiger partial charge in [-0.25, -0.2) is 22.2 Å². The van der Waals surface area contributed by atoms with Crippen LogP contribution in [-0.2, 0) is 10.0 Å². The Kier molecular flexibility index (Phi) is 6.18. The summed E-state index contributed by atoms with van der Waals surface area (Å²) < 4.78 is 55.8. The van der Waals surface area contributed by atoms with Gasteiger partial charge >= 0.3 is 0 Å². The first-order valence-corrected chi connectivity index (χ1v) is 14.6. The Hall–Kier alpha value is -3.45. The molecule has 1 aromatic carbocycles. The fraction of sp³-hybridized carbons (Fsp3) is 0.462. The normalized spacial score (nSPS) is 19.7. The van der Waals surface area contributed by atoms with Crippen LogP contribution >= 0.6 is 0 Å². The largest absolute Gasteiger partial charge is 0.395 e. The van der Waals surface area contributed by atoms with E-state index in [1.807, 2.05) is 0 Å². The first-order chi connectivity index (χ1) is 18.6. The van der Waals surface area contributed by atoms with Crippen LogP contribution in [0.2, 0.25) is 0 Å². The summed E-state index contributed by atoms with van der Waals surface area (Å²) in [5.41, 5.74) is 3.14. The van der Waals surface area contributed by atoms with Gasteiger partial charge in [0.2, 0.25) is 10.0 Å². The van der Waals surface area contributed by atoms with Crippen LogP contribution in [0.1, 0.15) is 36.0 Å². The number of piperidine rings is 1. The summed E-state index contributed by atoms with van der Waals surface area (Å²) in [6, 6.07) is 6.40. The summed E-state index contributed by atoms with van der Waals surface area (Å²) in [6.07, 6.45) is 9.39. The lowest BCUT2D eigenvalue weighted by Gasteiger charge is -2.40. The lowest BCUT2D eigenvalue weighted by Crippen LogP contribution is -2.56. The maximum Gasteiger partial charge on any atom is 0.282 e. The van der Waals surface area contributed by atoms with Crippen molar-refractivity contribution in [1.29, 1.82) is 0 Å². The van der Waals surface area contributed by atoms with E-state index in [1.54, 1.807) is 41.2 Å². The number of halogens is 2. The second kappa shape index (κ2) is 9.33. The molecule has 1 amide bonds. The highest BCUT2D eigenvalue weighted by atomic mass is 32.2. The number of carbonyl (C=O) groups is 1. The summed E-state index contributed by atoms with van der Waals surface area (Å²) in [6.45, 7) is 0.167. The molecule has 2 aromatic heterocycles. The Morgan fingerprint density at radius 3 is 2.41 bits per heavy atom. The summed E-state index contributed by atoms with van der Waals surface area (Å²) in [5.74, 6) is -3.59. The van der Waals surface area contributed by atoms with Gasteiger partial charge in [-0.15, -0.1) is 0 Å². The van der Waals surface area contributed by atoms with E-state index >= 15 is 0 Å². The molecule has 3 N–H and O–H groups in total. The van der Waals surface area contributed by atoms with Gasteiger partial charge in [-0.05, 0) is 55.4 Å². The molecule has 2 saturated heterocycles. The number of hydrogen-bond acceptors (Lipinski definition) is 7. The standard InChI is InChI=1S/C26H30F2N6O4S/c27-26(28)16-34(17-26)22-14-19(15-33-10-7-29-23(22)33)30-24(36)20-2-1-18(31-39(37,38)12-11-35)13-21(20)32-8-5-25(3-4-25)6-9-32/h1-2,7,10,13-15,31,35H,3-6,8-9,11-12,16-17H2,(H,30,36). The Morgan fingerprint density at radius 2 is 1.74 bits per heavy atom. The zero-order chi connectivity index (χ0) is 27.4. The monoisotopic (exact) mass is 560 g/mol. The lowest BCUT2D eigenvalue weighted by molar-refractivity contribution is -0.0261. The van der Waals surface area contributed by atoms with Crippen molar-refractivity contribution in [3.8, 4) is 0 Å².